The van der Waals surface area contributed by atoms with Crippen LogP contribution in [-0.4, -0.2) is 20.8 Å². The summed E-state index contributed by atoms with van der Waals surface area (Å²) >= 11 is 0. The molecule has 0 aromatic heterocycles. The Morgan fingerprint density at radius 3 is 2.76 bits per heavy atom. The molecule has 0 spiro atoms. The molecule has 2 aromatic carbocycles. The molecular weight excluding hydrogens is 262 g/mol. The lowest BCUT2D eigenvalue weighted by atomic mass is 9.77. The van der Waals surface area contributed by atoms with Gasteiger partial charge < -0.3 is 14.8 Å². The minimum atomic E-state index is 0.387. The Morgan fingerprint density at radius 1 is 1.10 bits per heavy atom. The van der Waals surface area contributed by atoms with Crippen LogP contribution >= 0.6 is 0 Å². The number of fused-ring (bicyclic) bond motifs is 2. The van der Waals surface area contributed by atoms with Gasteiger partial charge in [0.05, 0.1) is 14.2 Å². The number of nitrogens with one attached hydrogen (secondary N) is 1. The highest BCUT2D eigenvalue weighted by Crippen LogP contribution is 2.50. The number of hydrogen-bond acceptors (Lipinski definition) is 3. The van der Waals surface area contributed by atoms with E-state index < -0.39 is 0 Å². The molecule has 1 heterocycles. The van der Waals surface area contributed by atoms with Gasteiger partial charge >= 0.3 is 0 Å². The van der Waals surface area contributed by atoms with E-state index in [0.29, 0.717) is 6.04 Å². The molecule has 21 heavy (non-hydrogen) atoms. The maximum atomic E-state index is 5.71. The van der Waals surface area contributed by atoms with Crippen molar-refractivity contribution >= 4 is 0 Å². The van der Waals surface area contributed by atoms with Crippen LogP contribution in [0.2, 0.25) is 0 Å². The SMILES string of the molecule is COc1cc2c3c(c1OC)-c1ccccc1C[C@H]3NCC2. The fourth-order valence-electron chi connectivity index (χ4n) is 3.75. The Bertz CT molecular complexity index is 709. The summed E-state index contributed by atoms with van der Waals surface area (Å²) in [6.07, 6.45) is 2.09. The second-order valence-corrected chi connectivity index (χ2v) is 5.68. The van der Waals surface area contributed by atoms with E-state index in [2.05, 4.69) is 35.6 Å². The molecule has 3 nitrogen and oxygen atoms in total. The Kier molecular flexibility index (Phi) is 2.89. The molecule has 0 amide bonds. The first-order valence-electron chi connectivity index (χ1n) is 7.43. The first-order valence-corrected chi connectivity index (χ1v) is 7.43. The zero-order valence-corrected chi connectivity index (χ0v) is 12.4. The summed E-state index contributed by atoms with van der Waals surface area (Å²) in [5, 5.41) is 3.65. The van der Waals surface area contributed by atoms with Gasteiger partial charge in [0.2, 0.25) is 0 Å². The number of benzene rings is 2. The topological polar surface area (TPSA) is 30.5 Å². The molecule has 4 rings (SSSR count). The van der Waals surface area contributed by atoms with Crippen molar-refractivity contribution in [1.82, 2.24) is 5.32 Å². The van der Waals surface area contributed by atoms with Crippen LogP contribution in [0.25, 0.3) is 11.1 Å². The van der Waals surface area contributed by atoms with E-state index in [9.17, 15) is 0 Å². The van der Waals surface area contributed by atoms with Crippen LogP contribution < -0.4 is 14.8 Å². The highest BCUT2D eigenvalue weighted by molar-refractivity contribution is 5.83. The first kappa shape index (κ1) is 12.7. The molecule has 1 aliphatic heterocycles. The lowest BCUT2D eigenvalue weighted by Crippen LogP contribution is -2.33. The predicted molar refractivity (Wildman–Crippen MR) is 83.1 cm³/mol. The summed E-state index contributed by atoms with van der Waals surface area (Å²) in [4.78, 5) is 0. The predicted octanol–water partition coefficient (Wildman–Crippen LogP) is 3.11. The summed E-state index contributed by atoms with van der Waals surface area (Å²) in [6, 6.07) is 11.2. The van der Waals surface area contributed by atoms with E-state index in [4.69, 9.17) is 9.47 Å². The molecule has 3 heteroatoms. The van der Waals surface area contributed by atoms with Gasteiger partial charge in [-0.3, -0.25) is 0 Å². The molecule has 0 bridgehead atoms. The summed E-state index contributed by atoms with van der Waals surface area (Å²) in [5.41, 5.74) is 6.66. The van der Waals surface area contributed by atoms with Gasteiger partial charge in [-0.25, -0.2) is 0 Å². The molecule has 2 aliphatic rings. The number of rotatable bonds is 2. The normalized spacial score (nSPS) is 18.7. The zero-order valence-electron chi connectivity index (χ0n) is 12.4. The summed E-state index contributed by atoms with van der Waals surface area (Å²) in [7, 11) is 3.44. The van der Waals surface area contributed by atoms with Crippen LogP contribution in [0, 0.1) is 0 Å². The highest BCUT2D eigenvalue weighted by Gasteiger charge is 2.33. The first-order chi connectivity index (χ1) is 10.3. The highest BCUT2D eigenvalue weighted by atomic mass is 16.5. The average Bonchev–Trinajstić information content (AvgIpc) is 2.54. The van der Waals surface area contributed by atoms with Crippen molar-refractivity contribution in [3.8, 4) is 22.6 Å². The van der Waals surface area contributed by atoms with Gasteiger partial charge in [-0.2, -0.15) is 0 Å². The summed E-state index contributed by atoms with van der Waals surface area (Å²) < 4.78 is 11.3. The second kappa shape index (κ2) is 4.78. The van der Waals surface area contributed by atoms with E-state index in [-0.39, 0.29) is 0 Å². The molecule has 0 unspecified atom stereocenters. The van der Waals surface area contributed by atoms with E-state index in [1.165, 1.54) is 27.8 Å². The fourth-order valence-corrected chi connectivity index (χ4v) is 3.75. The summed E-state index contributed by atoms with van der Waals surface area (Å²) in [6.45, 7) is 1.02. The zero-order chi connectivity index (χ0) is 14.4. The third-order valence-electron chi connectivity index (χ3n) is 4.64. The minimum Gasteiger partial charge on any atom is -0.493 e. The van der Waals surface area contributed by atoms with Crippen molar-refractivity contribution in [2.75, 3.05) is 20.8 Å². The van der Waals surface area contributed by atoms with Gasteiger partial charge in [0.1, 0.15) is 0 Å². The summed E-state index contributed by atoms with van der Waals surface area (Å²) in [5.74, 6) is 1.70. The molecule has 0 radical (unpaired) electrons. The molecule has 1 N–H and O–H groups in total. The van der Waals surface area contributed by atoms with E-state index in [1.54, 1.807) is 14.2 Å². The molecule has 2 aromatic rings. The third-order valence-corrected chi connectivity index (χ3v) is 4.64. The lowest BCUT2D eigenvalue weighted by molar-refractivity contribution is 0.353. The number of methoxy groups -OCH3 is 2. The lowest BCUT2D eigenvalue weighted by Gasteiger charge is -2.35. The Balaban J connectivity index is 2.09. The molecule has 1 aliphatic carbocycles. The van der Waals surface area contributed by atoms with Gasteiger partial charge in [0.15, 0.2) is 11.5 Å². The maximum absolute atomic E-state index is 5.71. The van der Waals surface area contributed by atoms with Gasteiger partial charge in [0.25, 0.3) is 0 Å². The van der Waals surface area contributed by atoms with Gasteiger partial charge in [-0.05, 0) is 47.7 Å². The van der Waals surface area contributed by atoms with Crippen molar-refractivity contribution in [1.29, 1.82) is 0 Å². The standard InChI is InChI=1S/C18H19NO2/c1-20-15-10-12-7-8-19-14-9-11-5-3-4-6-13(11)17(16(12)14)18(15)21-2/h3-6,10,14,19H,7-9H2,1-2H3/t14-/m1/s1. The van der Waals surface area contributed by atoms with Crippen LogP contribution in [0.5, 0.6) is 11.5 Å². The van der Waals surface area contributed by atoms with Gasteiger partial charge in [-0.15, -0.1) is 0 Å². The molecule has 0 saturated carbocycles. The van der Waals surface area contributed by atoms with Gasteiger partial charge in [-0.1, -0.05) is 24.3 Å². The van der Waals surface area contributed by atoms with Crippen LogP contribution in [-0.2, 0) is 12.8 Å². The second-order valence-electron chi connectivity index (χ2n) is 5.68. The van der Waals surface area contributed by atoms with Gasteiger partial charge in [0, 0.05) is 11.6 Å². The minimum absolute atomic E-state index is 0.387. The van der Waals surface area contributed by atoms with Crippen LogP contribution in [0.4, 0.5) is 0 Å². The Labute approximate surface area is 124 Å². The molecule has 0 fully saturated rings. The maximum Gasteiger partial charge on any atom is 0.168 e. The van der Waals surface area contributed by atoms with Crippen molar-refractivity contribution < 1.29 is 9.47 Å². The largest absolute Gasteiger partial charge is 0.493 e. The van der Waals surface area contributed by atoms with Crippen molar-refractivity contribution in [3.63, 3.8) is 0 Å². The molecule has 108 valence electrons. The third kappa shape index (κ3) is 1.77. The average molecular weight is 281 g/mol. The smallest absolute Gasteiger partial charge is 0.168 e. The van der Waals surface area contributed by atoms with Crippen molar-refractivity contribution in [3.05, 3.63) is 47.0 Å². The fraction of sp³-hybridized carbons (Fsp3) is 0.333. The number of hydrogen-bond donors (Lipinski definition) is 1. The Morgan fingerprint density at radius 2 is 1.95 bits per heavy atom. The quantitative estimate of drug-likeness (QED) is 0.917. The van der Waals surface area contributed by atoms with Crippen LogP contribution in [0.3, 0.4) is 0 Å². The van der Waals surface area contributed by atoms with Crippen LogP contribution in [0.1, 0.15) is 22.7 Å². The van der Waals surface area contributed by atoms with E-state index >= 15 is 0 Å². The monoisotopic (exact) mass is 281 g/mol. The van der Waals surface area contributed by atoms with E-state index in [1.807, 2.05) is 0 Å². The molecule has 1 atom stereocenters. The molecule has 0 saturated heterocycles. The van der Waals surface area contributed by atoms with Crippen molar-refractivity contribution in [2.45, 2.75) is 18.9 Å². The molecular formula is C18H19NO2. The van der Waals surface area contributed by atoms with Crippen LogP contribution in [0.15, 0.2) is 30.3 Å². The van der Waals surface area contributed by atoms with Crippen molar-refractivity contribution in [2.24, 2.45) is 0 Å². The van der Waals surface area contributed by atoms with E-state index in [0.717, 1.165) is 30.9 Å². The number of ether oxygens (including phenoxy) is 2. The Hall–Kier alpha value is -2.00.